The molecule has 7 heteroatoms. The van der Waals surface area contributed by atoms with Crippen LogP contribution in [0.5, 0.6) is 0 Å². The summed E-state index contributed by atoms with van der Waals surface area (Å²) in [5.74, 6) is 0.253. The van der Waals surface area contributed by atoms with Crippen molar-refractivity contribution in [1.29, 1.82) is 0 Å². The maximum Gasteiger partial charge on any atom is 0.224 e. The van der Waals surface area contributed by atoms with Crippen molar-refractivity contribution in [3.8, 4) is 0 Å². The van der Waals surface area contributed by atoms with Crippen LogP contribution in [-0.4, -0.2) is 52.8 Å². The highest BCUT2D eigenvalue weighted by Gasteiger charge is 2.19. The molecule has 0 spiro atoms. The standard InChI is InChI=1S/C11H18N4O3/c1-7(16)12-6-9(17)10(18)8-4-13-11(14-5-8)15(2)3/h4-5,9-10,17-18H,6H2,1-3H3,(H,12,16). The Morgan fingerprint density at radius 3 is 2.39 bits per heavy atom. The van der Waals surface area contributed by atoms with Crippen LogP contribution in [0.1, 0.15) is 18.6 Å². The lowest BCUT2D eigenvalue weighted by molar-refractivity contribution is -0.119. The van der Waals surface area contributed by atoms with Gasteiger partial charge in [0, 0.05) is 45.5 Å². The molecule has 0 aromatic carbocycles. The molecule has 18 heavy (non-hydrogen) atoms. The van der Waals surface area contributed by atoms with Gasteiger partial charge in [-0.1, -0.05) is 0 Å². The molecule has 7 nitrogen and oxygen atoms in total. The fourth-order valence-corrected chi connectivity index (χ4v) is 1.30. The number of aliphatic hydroxyl groups excluding tert-OH is 2. The Morgan fingerprint density at radius 2 is 1.94 bits per heavy atom. The smallest absolute Gasteiger partial charge is 0.224 e. The fraction of sp³-hybridized carbons (Fsp3) is 0.545. The molecular weight excluding hydrogens is 236 g/mol. The van der Waals surface area contributed by atoms with Crippen LogP contribution in [0.25, 0.3) is 0 Å². The zero-order chi connectivity index (χ0) is 13.7. The van der Waals surface area contributed by atoms with Gasteiger partial charge in [-0.3, -0.25) is 4.79 Å². The van der Waals surface area contributed by atoms with E-state index in [1.165, 1.54) is 19.3 Å². The second kappa shape index (κ2) is 6.27. The minimum absolute atomic E-state index is 0.0219. The highest BCUT2D eigenvalue weighted by molar-refractivity contribution is 5.72. The first-order valence-electron chi connectivity index (χ1n) is 5.51. The van der Waals surface area contributed by atoms with Crippen molar-refractivity contribution < 1.29 is 15.0 Å². The van der Waals surface area contributed by atoms with Crippen molar-refractivity contribution in [3.63, 3.8) is 0 Å². The summed E-state index contributed by atoms with van der Waals surface area (Å²) in [7, 11) is 3.61. The van der Waals surface area contributed by atoms with E-state index < -0.39 is 12.2 Å². The summed E-state index contributed by atoms with van der Waals surface area (Å²) in [6.45, 7) is 1.32. The van der Waals surface area contributed by atoms with Crippen molar-refractivity contribution in [2.24, 2.45) is 0 Å². The Morgan fingerprint density at radius 1 is 1.39 bits per heavy atom. The molecule has 0 bridgehead atoms. The van der Waals surface area contributed by atoms with Crippen LogP contribution >= 0.6 is 0 Å². The second-order valence-electron chi connectivity index (χ2n) is 4.16. The van der Waals surface area contributed by atoms with E-state index in [1.54, 1.807) is 19.0 Å². The van der Waals surface area contributed by atoms with Crippen LogP contribution in [0.3, 0.4) is 0 Å². The predicted molar refractivity (Wildman–Crippen MR) is 66.0 cm³/mol. The molecule has 100 valence electrons. The van der Waals surface area contributed by atoms with Crippen molar-refractivity contribution in [2.45, 2.75) is 19.1 Å². The molecule has 0 aliphatic rings. The topological polar surface area (TPSA) is 98.6 Å². The number of anilines is 1. The zero-order valence-corrected chi connectivity index (χ0v) is 10.7. The molecule has 1 aromatic heterocycles. The van der Waals surface area contributed by atoms with E-state index in [0.717, 1.165) is 0 Å². The normalized spacial score (nSPS) is 13.8. The summed E-state index contributed by atoms with van der Waals surface area (Å²) >= 11 is 0. The molecule has 2 atom stereocenters. The Bertz CT molecular complexity index is 394. The number of nitrogens with one attached hydrogen (secondary N) is 1. The van der Waals surface area contributed by atoms with Crippen LogP contribution in [0.2, 0.25) is 0 Å². The first-order chi connectivity index (χ1) is 8.41. The van der Waals surface area contributed by atoms with E-state index in [2.05, 4.69) is 15.3 Å². The minimum atomic E-state index is -1.13. The van der Waals surface area contributed by atoms with Gasteiger partial charge in [0.2, 0.25) is 11.9 Å². The quantitative estimate of drug-likeness (QED) is 0.628. The lowest BCUT2D eigenvalue weighted by Gasteiger charge is -2.18. The van der Waals surface area contributed by atoms with E-state index in [4.69, 9.17) is 0 Å². The molecule has 0 saturated heterocycles. The molecule has 0 aliphatic carbocycles. The Hall–Kier alpha value is -1.73. The molecule has 1 heterocycles. The molecule has 0 saturated carbocycles. The van der Waals surface area contributed by atoms with Gasteiger partial charge in [0.05, 0.1) is 0 Å². The van der Waals surface area contributed by atoms with Gasteiger partial charge in [-0.25, -0.2) is 9.97 Å². The van der Waals surface area contributed by atoms with E-state index >= 15 is 0 Å². The van der Waals surface area contributed by atoms with Crippen molar-refractivity contribution in [1.82, 2.24) is 15.3 Å². The first-order valence-corrected chi connectivity index (χ1v) is 5.51. The number of rotatable bonds is 5. The molecule has 1 aromatic rings. The number of hydrogen-bond donors (Lipinski definition) is 3. The number of carbonyl (C=O) groups is 1. The number of aliphatic hydroxyl groups is 2. The van der Waals surface area contributed by atoms with Crippen molar-refractivity contribution >= 4 is 11.9 Å². The lowest BCUT2D eigenvalue weighted by atomic mass is 10.1. The SMILES string of the molecule is CC(=O)NCC(O)C(O)c1cnc(N(C)C)nc1. The van der Waals surface area contributed by atoms with Crippen LogP contribution in [0.4, 0.5) is 5.95 Å². The number of amides is 1. The average Bonchev–Trinajstić information content (AvgIpc) is 2.35. The summed E-state index contributed by atoms with van der Waals surface area (Å²) in [5.41, 5.74) is 0.401. The minimum Gasteiger partial charge on any atom is -0.388 e. The van der Waals surface area contributed by atoms with Gasteiger partial charge < -0.3 is 20.4 Å². The first kappa shape index (κ1) is 14.3. The average molecular weight is 254 g/mol. The van der Waals surface area contributed by atoms with E-state index in [0.29, 0.717) is 11.5 Å². The summed E-state index contributed by atoms with van der Waals surface area (Å²) in [6.07, 6.45) is 0.671. The van der Waals surface area contributed by atoms with Crippen LogP contribution in [0, 0.1) is 0 Å². The number of nitrogens with zero attached hydrogens (tertiary/aromatic N) is 3. The van der Waals surface area contributed by atoms with Gasteiger partial charge in [-0.15, -0.1) is 0 Å². The van der Waals surface area contributed by atoms with Gasteiger partial charge in [-0.05, 0) is 0 Å². The summed E-state index contributed by atoms with van der Waals surface area (Å²) in [4.78, 5) is 20.5. The molecular formula is C11H18N4O3. The fourth-order valence-electron chi connectivity index (χ4n) is 1.30. The number of aromatic nitrogens is 2. The van der Waals surface area contributed by atoms with Crippen LogP contribution in [-0.2, 0) is 4.79 Å². The molecule has 0 radical (unpaired) electrons. The number of hydrogen-bond acceptors (Lipinski definition) is 6. The largest absolute Gasteiger partial charge is 0.388 e. The molecule has 2 unspecified atom stereocenters. The Kier molecular flexibility index (Phi) is 4.99. The van der Waals surface area contributed by atoms with E-state index in [9.17, 15) is 15.0 Å². The van der Waals surface area contributed by atoms with Gasteiger partial charge in [0.25, 0.3) is 0 Å². The third kappa shape index (κ3) is 3.94. The Labute approximate surface area is 105 Å². The summed E-state index contributed by atoms with van der Waals surface area (Å²) in [5, 5.41) is 21.9. The molecule has 1 rings (SSSR count). The Balaban J connectivity index is 2.65. The number of carbonyl (C=O) groups excluding carboxylic acids is 1. The van der Waals surface area contributed by atoms with Crippen LogP contribution < -0.4 is 10.2 Å². The molecule has 0 fully saturated rings. The van der Waals surface area contributed by atoms with Gasteiger partial charge >= 0.3 is 0 Å². The molecule has 1 amide bonds. The van der Waals surface area contributed by atoms with Crippen LogP contribution in [0.15, 0.2) is 12.4 Å². The highest BCUT2D eigenvalue weighted by Crippen LogP contribution is 2.15. The summed E-state index contributed by atoms with van der Waals surface area (Å²) < 4.78 is 0. The highest BCUT2D eigenvalue weighted by atomic mass is 16.3. The zero-order valence-electron chi connectivity index (χ0n) is 10.7. The summed E-state index contributed by atoms with van der Waals surface area (Å²) in [6, 6.07) is 0. The van der Waals surface area contributed by atoms with E-state index in [1.807, 2.05) is 0 Å². The third-order valence-corrected chi connectivity index (χ3v) is 2.32. The van der Waals surface area contributed by atoms with Gasteiger partial charge in [-0.2, -0.15) is 0 Å². The van der Waals surface area contributed by atoms with Crippen molar-refractivity contribution in [3.05, 3.63) is 18.0 Å². The maximum atomic E-state index is 10.7. The predicted octanol–water partition coefficient (Wildman–Crippen LogP) is -0.927. The maximum absolute atomic E-state index is 10.7. The molecule has 3 N–H and O–H groups in total. The molecule has 0 aliphatic heterocycles. The lowest BCUT2D eigenvalue weighted by Crippen LogP contribution is -2.34. The monoisotopic (exact) mass is 254 g/mol. The van der Waals surface area contributed by atoms with Crippen molar-refractivity contribution in [2.75, 3.05) is 25.5 Å². The van der Waals surface area contributed by atoms with Gasteiger partial charge in [0.15, 0.2) is 0 Å². The second-order valence-corrected chi connectivity index (χ2v) is 4.16. The van der Waals surface area contributed by atoms with Gasteiger partial charge in [0.1, 0.15) is 12.2 Å². The van der Waals surface area contributed by atoms with E-state index in [-0.39, 0.29) is 12.5 Å². The third-order valence-electron chi connectivity index (χ3n) is 2.32.